The minimum absolute atomic E-state index is 1.08. The van der Waals surface area contributed by atoms with Crippen LogP contribution < -0.4 is 0 Å². The maximum absolute atomic E-state index is 3.72. The highest BCUT2D eigenvalue weighted by molar-refractivity contribution is 5.18. The Balaban J connectivity index is 3.94. The van der Waals surface area contributed by atoms with E-state index in [2.05, 4.69) is 38.7 Å². The molecule has 0 heterocycles. The lowest BCUT2D eigenvalue weighted by molar-refractivity contribution is 0.990. The minimum atomic E-state index is 1.08. The zero-order valence-corrected chi connectivity index (χ0v) is 8.34. The Bertz CT molecular complexity index is 161. The summed E-state index contributed by atoms with van der Waals surface area (Å²) < 4.78 is 0. The highest BCUT2D eigenvalue weighted by Gasteiger charge is 1.88. The second-order valence-electron chi connectivity index (χ2n) is 2.83. The van der Waals surface area contributed by atoms with Crippen LogP contribution in [0.3, 0.4) is 0 Å². The molecule has 0 unspecified atom stereocenters. The van der Waals surface area contributed by atoms with Crippen molar-refractivity contribution in [3.8, 4) is 0 Å². The van der Waals surface area contributed by atoms with E-state index in [4.69, 9.17) is 0 Å². The first-order valence-electron chi connectivity index (χ1n) is 4.81. The monoisotopic (exact) mass is 164 g/mol. The Labute approximate surface area is 76.7 Å². The SMILES string of the molecule is C=CCCC(C=CCC)=CCC. The predicted molar refractivity (Wildman–Crippen MR) is 57.2 cm³/mol. The Hall–Kier alpha value is -0.780. The van der Waals surface area contributed by atoms with Crippen LogP contribution in [0.4, 0.5) is 0 Å². The molecule has 0 saturated carbocycles. The molecule has 68 valence electrons. The van der Waals surface area contributed by atoms with E-state index >= 15 is 0 Å². The summed E-state index contributed by atoms with van der Waals surface area (Å²) in [5.41, 5.74) is 1.44. The number of rotatable bonds is 6. The van der Waals surface area contributed by atoms with Gasteiger partial charge in [-0.1, -0.05) is 43.7 Å². The fourth-order valence-electron chi connectivity index (χ4n) is 1.05. The van der Waals surface area contributed by atoms with Crippen LogP contribution in [0.15, 0.2) is 36.5 Å². The first-order valence-corrected chi connectivity index (χ1v) is 4.81. The van der Waals surface area contributed by atoms with Crippen molar-refractivity contribution in [1.82, 2.24) is 0 Å². The van der Waals surface area contributed by atoms with Gasteiger partial charge in [0, 0.05) is 0 Å². The van der Waals surface area contributed by atoms with Gasteiger partial charge in [0.15, 0.2) is 0 Å². The van der Waals surface area contributed by atoms with Crippen LogP contribution >= 0.6 is 0 Å². The predicted octanol–water partition coefficient (Wildman–Crippen LogP) is 4.26. The average molecular weight is 164 g/mol. The Morgan fingerprint density at radius 3 is 2.50 bits per heavy atom. The molecule has 0 heteroatoms. The van der Waals surface area contributed by atoms with Gasteiger partial charge in [0.05, 0.1) is 0 Å². The molecule has 0 amide bonds. The van der Waals surface area contributed by atoms with Gasteiger partial charge in [-0.25, -0.2) is 0 Å². The van der Waals surface area contributed by atoms with Gasteiger partial charge in [0.25, 0.3) is 0 Å². The minimum Gasteiger partial charge on any atom is -0.103 e. The lowest BCUT2D eigenvalue weighted by atomic mass is 10.1. The maximum Gasteiger partial charge on any atom is -0.0248 e. The van der Waals surface area contributed by atoms with E-state index in [0.717, 1.165) is 25.7 Å². The van der Waals surface area contributed by atoms with Gasteiger partial charge in [0.2, 0.25) is 0 Å². The Morgan fingerprint density at radius 2 is 2.00 bits per heavy atom. The molecule has 0 bridgehead atoms. The zero-order valence-electron chi connectivity index (χ0n) is 8.34. The van der Waals surface area contributed by atoms with Crippen molar-refractivity contribution < 1.29 is 0 Å². The van der Waals surface area contributed by atoms with Gasteiger partial charge < -0.3 is 0 Å². The highest BCUT2D eigenvalue weighted by Crippen LogP contribution is 2.08. The van der Waals surface area contributed by atoms with E-state index in [0.29, 0.717) is 0 Å². The number of hydrogen-bond donors (Lipinski definition) is 0. The van der Waals surface area contributed by atoms with Crippen LogP contribution in [0.25, 0.3) is 0 Å². The number of allylic oxidation sites excluding steroid dienone is 5. The van der Waals surface area contributed by atoms with Crippen LogP contribution in [-0.4, -0.2) is 0 Å². The molecule has 0 fully saturated rings. The fourth-order valence-corrected chi connectivity index (χ4v) is 1.05. The molecule has 0 radical (unpaired) electrons. The van der Waals surface area contributed by atoms with E-state index in [9.17, 15) is 0 Å². The molecule has 12 heavy (non-hydrogen) atoms. The van der Waals surface area contributed by atoms with E-state index in [1.807, 2.05) is 6.08 Å². The molecule has 0 aliphatic heterocycles. The van der Waals surface area contributed by atoms with Crippen molar-refractivity contribution in [3.63, 3.8) is 0 Å². The summed E-state index contributed by atoms with van der Waals surface area (Å²) in [5.74, 6) is 0. The summed E-state index contributed by atoms with van der Waals surface area (Å²) in [5, 5.41) is 0. The summed E-state index contributed by atoms with van der Waals surface area (Å²) in [4.78, 5) is 0. The van der Waals surface area contributed by atoms with Gasteiger partial charge >= 0.3 is 0 Å². The quantitative estimate of drug-likeness (QED) is 0.406. The van der Waals surface area contributed by atoms with E-state index in [1.165, 1.54) is 5.57 Å². The third-order valence-electron chi connectivity index (χ3n) is 1.67. The molecular formula is C12H20. The molecule has 0 rings (SSSR count). The highest BCUT2D eigenvalue weighted by atomic mass is 13.9. The fraction of sp³-hybridized carbons (Fsp3) is 0.500. The lowest BCUT2D eigenvalue weighted by Crippen LogP contribution is -1.77. The normalized spacial score (nSPS) is 12.3. The average Bonchev–Trinajstić information content (AvgIpc) is 2.10. The van der Waals surface area contributed by atoms with Crippen molar-refractivity contribution >= 4 is 0 Å². The standard InChI is InChI=1S/C12H20/c1-4-7-10-12(9-6-3)11-8-5-2/h4,8-9,11H,1,5-7,10H2,2-3H3. The second kappa shape index (κ2) is 8.32. The molecule has 0 aromatic carbocycles. The smallest absolute Gasteiger partial charge is 0.0248 e. The molecule has 0 atom stereocenters. The molecule has 0 nitrogen and oxygen atoms in total. The van der Waals surface area contributed by atoms with Crippen LogP contribution in [0.1, 0.15) is 39.5 Å². The largest absolute Gasteiger partial charge is 0.103 e. The van der Waals surface area contributed by atoms with Crippen molar-refractivity contribution in [3.05, 3.63) is 36.5 Å². The van der Waals surface area contributed by atoms with Crippen LogP contribution in [0.5, 0.6) is 0 Å². The van der Waals surface area contributed by atoms with Gasteiger partial charge in [-0.2, -0.15) is 0 Å². The molecule has 0 aliphatic carbocycles. The van der Waals surface area contributed by atoms with E-state index in [-0.39, 0.29) is 0 Å². The van der Waals surface area contributed by atoms with E-state index in [1.54, 1.807) is 0 Å². The Kier molecular flexibility index (Phi) is 7.78. The van der Waals surface area contributed by atoms with Crippen molar-refractivity contribution in [2.24, 2.45) is 0 Å². The molecule has 0 N–H and O–H groups in total. The summed E-state index contributed by atoms with van der Waals surface area (Å²) in [6, 6.07) is 0. The van der Waals surface area contributed by atoms with Crippen LogP contribution in [-0.2, 0) is 0 Å². The summed E-state index contributed by atoms with van der Waals surface area (Å²) >= 11 is 0. The maximum atomic E-state index is 3.72. The van der Waals surface area contributed by atoms with Crippen molar-refractivity contribution in [2.45, 2.75) is 39.5 Å². The summed E-state index contributed by atoms with van der Waals surface area (Å²) in [6.45, 7) is 8.06. The van der Waals surface area contributed by atoms with Crippen LogP contribution in [0, 0.1) is 0 Å². The molecular weight excluding hydrogens is 144 g/mol. The molecule has 0 aromatic rings. The Morgan fingerprint density at radius 1 is 1.25 bits per heavy atom. The second-order valence-corrected chi connectivity index (χ2v) is 2.83. The summed E-state index contributed by atoms with van der Waals surface area (Å²) in [7, 11) is 0. The first-order chi connectivity index (χ1) is 5.85. The molecule has 0 spiro atoms. The van der Waals surface area contributed by atoms with E-state index < -0.39 is 0 Å². The summed E-state index contributed by atoms with van der Waals surface area (Å²) in [6.07, 6.45) is 13.2. The molecule has 0 aliphatic rings. The van der Waals surface area contributed by atoms with Crippen molar-refractivity contribution in [2.75, 3.05) is 0 Å². The van der Waals surface area contributed by atoms with Gasteiger partial charge in [-0.15, -0.1) is 6.58 Å². The number of hydrogen-bond acceptors (Lipinski definition) is 0. The molecule has 0 aromatic heterocycles. The topological polar surface area (TPSA) is 0 Å². The van der Waals surface area contributed by atoms with Gasteiger partial charge in [-0.3, -0.25) is 0 Å². The van der Waals surface area contributed by atoms with Gasteiger partial charge in [0.1, 0.15) is 0 Å². The first kappa shape index (κ1) is 11.2. The lowest BCUT2D eigenvalue weighted by Gasteiger charge is -1.98. The van der Waals surface area contributed by atoms with Crippen molar-refractivity contribution in [1.29, 1.82) is 0 Å². The van der Waals surface area contributed by atoms with Gasteiger partial charge in [-0.05, 0) is 25.7 Å². The third-order valence-corrected chi connectivity index (χ3v) is 1.67. The third kappa shape index (κ3) is 5.96. The van der Waals surface area contributed by atoms with Crippen LogP contribution in [0.2, 0.25) is 0 Å². The molecule has 0 saturated heterocycles. The zero-order chi connectivity index (χ0) is 9.23.